The van der Waals surface area contributed by atoms with Crippen LogP contribution < -0.4 is 5.32 Å². The van der Waals surface area contributed by atoms with E-state index in [4.69, 9.17) is 9.72 Å². The molecule has 0 bridgehead atoms. The zero-order chi connectivity index (χ0) is 41.7. The van der Waals surface area contributed by atoms with E-state index in [9.17, 15) is 34.9 Å². The van der Waals surface area contributed by atoms with E-state index < -0.39 is 46.4 Å². The largest absolute Gasteiger partial charge is 0.464 e. The summed E-state index contributed by atoms with van der Waals surface area (Å²) >= 11 is 0. The van der Waals surface area contributed by atoms with Gasteiger partial charge in [-0.05, 0) is 67.0 Å². The third kappa shape index (κ3) is 11.6. The molecule has 2 unspecified atom stereocenters. The molecule has 2 aromatic heterocycles. The van der Waals surface area contributed by atoms with Crippen LogP contribution in [0.15, 0.2) is 78.9 Å². The van der Waals surface area contributed by atoms with Crippen LogP contribution in [0.1, 0.15) is 79.6 Å². The molecule has 19 nitrogen and oxygen atoms in total. The molecule has 58 heavy (non-hydrogen) atoms. The molecule has 0 saturated heterocycles. The molecule has 3 N–H and O–H groups in total. The number of H-pyrrole nitrogens is 1. The number of carbonyl (C=O) groups is 2. The molecule has 19 heteroatoms. The topological polar surface area (TPSA) is 253 Å². The van der Waals surface area contributed by atoms with Crippen LogP contribution in [-0.4, -0.2) is 82.7 Å². The summed E-state index contributed by atoms with van der Waals surface area (Å²) in [6.07, 6.45) is 0.632. The maximum absolute atomic E-state index is 14.4. The number of nitrogens with one attached hydrogen (secondary N) is 2. The molecule has 5 rings (SSSR count). The minimum Gasteiger partial charge on any atom is -0.464 e. The number of aromatic amines is 1. The number of aromatic nitrogens is 6. The van der Waals surface area contributed by atoms with E-state index >= 15 is 0 Å². The standard InChI is InChI=1S/C39H45N9O10/c1-4-12-33-41-35(39(2,3)51)34(46(33)24-27-18-20-28(21-19-27)30-16-8-9-17-31(30)36-42-44-45-43-36)37(49)40-32(23-26-13-6-5-7-14-26)38(50)56-22-11-10-15-29(58-48(54)55)25-57-47(52)53/h5-9,13-14,16-21,29,32,51H,4,10-12,15,22-25H2,1-3H3,(H,40,49)(H,42,43,44,45). The van der Waals surface area contributed by atoms with Crippen LogP contribution in [-0.2, 0) is 44.2 Å². The van der Waals surface area contributed by atoms with Gasteiger partial charge in [0.15, 0.2) is 0 Å². The molecule has 0 saturated carbocycles. The van der Waals surface area contributed by atoms with Gasteiger partial charge in [-0.1, -0.05) is 85.8 Å². The Morgan fingerprint density at radius 3 is 2.29 bits per heavy atom. The molecule has 2 heterocycles. The van der Waals surface area contributed by atoms with Crippen molar-refractivity contribution in [3.8, 4) is 22.5 Å². The average Bonchev–Trinajstić information content (AvgIpc) is 3.86. The maximum Gasteiger partial charge on any atom is 0.328 e. The van der Waals surface area contributed by atoms with E-state index in [2.05, 4.69) is 35.6 Å². The van der Waals surface area contributed by atoms with E-state index in [1.165, 1.54) is 0 Å². The fourth-order valence-corrected chi connectivity index (χ4v) is 6.37. The van der Waals surface area contributed by atoms with Gasteiger partial charge in [0.1, 0.15) is 41.6 Å². The molecule has 0 aliphatic heterocycles. The first kappa shape index (κ1) is 42.4. The molecule has 2 atom stereocenters. The Kier molecular flexibility index (Phi) is 14.5. The Balaban J connectivity index is 1.37. The van der Waals surface area contributed by atoms with Gasteiger partial charge < -0.3 is 29.4 Å². The number of unbranched alkanes of at least 4 members (excludes halogenated alkanes) is 1. The highest BCUT2D eigenvalue weighted by Crippen LogP contribution is 2.31. The Labute approximate surface area is 332 Å². The van der Waals surface area contributed by atoms with E-state index in [0.717, 1.165) is 27.8 Å². The molecule has 5 aromatic rings. The third-order valence-electron chi connectivity index (χ3n) is 9.07. The number of imidazole rings is 1. The highest BCUT2D eigenvalue weighted by atomic mass is 17.0. The number of rotatable bonds is 22. The summed E-state index contributed by atoms with van der Waals surface area (Å²) in [4.78, 5) is 62.9. The van der Waals surface area contributed by atoms with Crippen LogP contribution in [0.25, 0.3) is 22.5 Å². The summed E-state index contributed by atoms with van der Waals surface area (Å²) in [6, 6.07) is 23.4. The first-order chi connectivity index (χ1) is 27.8. The summed E-state index contributed by atoms with van der Waals surface area (Å²) in [5.74, 6) is -0.321. The molecule has 0 fully saturated rings. The second-order valence-electron chi connectivity index (χ2n) is 13.9. The Hall–Kier alpha value is -6.76. The minimum atomic E-state index is -1.53. The number of hydrogen-bond donors (Lipinski definition) is 3. The number of ether oxygens (including phenoxy) is 1. The number of aryl methyl sites for hydroxylation is 1. The lowest BCUT2D eigenvalue weighted by Crippen LogP contribution is -2.45. The zero-order valence-corrected chi connectivity index (χ0v) is 32.3. The lowest BCUT2D eigenvalue weighted by Gasteiger charge is -2.22. The van der Waals surface area contributed by atoms with Crippen molar-refractivity contribution in [1.29, 1.82) is 0 Å². The van der Waals surface area contributed by atoms with E-state index in [1.807, 2.05) is 73.7 Å². The third-order valence-corrected chi connectivity index (χ3v) is 9.07. The number of amides is 1. The molecular formula is C39H45N9O10. The normalized spacial score (nSPS) is 12.3. The van der Waals surface area contributed by atoms with Gasteiger partial charge in [-0.2, -0.15) is 5.21 Å². The molecule has 1 amide bonds. The fraction of sp³-hybridized carbons (Fsp3) is 0.385. The van der Waals surface area contributed by atoms with Gasteiger partial charge in [-0.3, -0.25) is 4.79 Å². The van der Waals surface area contributed by atoms with Crippen molar-refractivity contribution in [2.75, 3.05) is 13.2 Å². The van der Waals surface area contributed by atoms with Crippen molar-refractivity contribution in [3.63, 3.8) is 0 Å². The van der Waals surface area contributed by atoms with Crippen molar-refractivity contribution in [2.45, 2.75) is 83.6 Å². The van der Waals surface area contributed by atoms with Crippen LogP contribution >= 0.6 is 0 Å². The summed E-state index contributed by atoms with van der Waals surface area (Å²) < 4.78 is 7.34. The molecular weight excluding hydrogens is 754 g/mol. The van der Waals surface area contributed by atoms with Crippen molar-refractivity contribution in [2.24, 2.45) is 0 Å². The smallest absolute Gasteiger partial charge is 0.328 e. The van der Waals surface area contributed by atoms with E-state index in [-0.39, 0.29) is 50.2 Å². The predicted octanol–water partition coefficient (Wildman–Crippen LogP) is 4.80. The molecule has 306 valence electrons. The molecule has 0 aliphatic carbocycles. The summed E-state index contributed by atoms with van der Waals surface area (Å²) in [5, 5.41) is 47.8. The molecule has 0 radical (unpaired) electrons. The van der Waals surface area contributed by atoms with Crippen molar-refractivity contribution in [1.82, 2.24) is 35.5 Å². The second kappa shape index (κ2) is 19.9. The number of benzene rings is 3. The van der Waals surface area contributed by atoms with Crippen LogP contribution in [0, 0.1) is 20.2 Å². The summed E-state index contributed by atoms with van der Waals surface area (Å²) in [6.45, 7) is 4.57. The number of esters is 1. The van der Waals surface area contributed by atoms with Crippen LogP contribution in [0.4, 0.5) is 0 Å². The Morgan fingerprint density at radius 2 is 1.66 bits per heavy atom. The van der Waals surface area contributed by atoms with Gasteiger partial charge in [0.05, 0.1) is 6.61 Å². The average molecular weight is 800 g/mol. The summed E-state index contributed by atoms with van der Waals surface area (Å²) in [5.41, 5.74) is 2.94. The predicted molar refractivity (Wildman–Crippen MR) is 207 cm³/mol. The van der Waals surface area contributed by atoms with Gasteiger partial charge in [-0.15, -0.1) is 30.4 Å². The number of tetrazole rings is 1. The van der Waals surface area contributed by atoms with Crippen LogP contribution in [0.2, 0.25) is 0 Å². The van der Waals surface area contributed by atoms with Crippen molar-refractivity contribution < 1.29 is 39.3 Å². The monoisotopic (exact) mass is 799 g/mol. The molecule has 0 spiro atoms. The van der Waals surface area contributed by atoms with Gasteiger partial charge in [-0.25, -0.2) is 9.78 Å². The van der Waals surface area contributed by atoms with Crippen LogP contribution in [0.3, 0.4) is 0 Å². The second-order valence-corrected chi connectivity index (χ2v) is 13.9. The highest BCUT2D eigenvalue weighted by molar-refractivity contribution is 5.97. The number of nitrogens with zero attached hydrogens (tertiary/aromatic N) is 7. The van der Waals surface area contributed by atoms with Gasteiger partial charge in [0.2, 0.25) is 5.82 Å². The number of hydrogen-bond acceptors (Lipinski definition) is 14. The fourth-order valence-electron chi connectivity index (χ4n) is 6.37. The lowest BCUT2D eigenvalue weighted by molar-refractivity contribution is -0.790. The number of aliphatic hydroxyl groups is 1. The zero-order valence-electron chi connectivity index (χ0n) is 32.3. The highest BCUT2D eigenvalue weighted by Gasteiger charge is 2.34. The lowest BCUT2D eigenvalue weighted by atomic mass is 9.98. The van der Waals surface area contributed by atoms with Crippen LogP contribution in [0.5, 0.6) is 0 Å². The Bertz CT molecular complexity index is 2140. The maximum atomic E-state index is 14.4. The van der Waals surface area contributed by atoms with E-state index in [1.54, 1.807) is 30.5 Å². The SMILES string of the molecule is CCCc1nc(C(C)(C)O)c(C(=O)NC(Cc2ccccc2)C(=O)OCCCCC(CO[N+](=O)[O-])O[N+](=O)[O-])n1Cc1ccc(-c2ccccc2-c2nn[nH]n2)cc1. The minimum absolute atomic E-state index is 0.0244. The Morgan fingerprint density at radius 1 is 0.948 bits per heavy atom. The van der Waals surface area contributed by atoms with Gasteiger partial charge in [0.25, 0.3) is 16.1 Å². The quantitative estimate of drug-likeness (QED) is 0.0368. The molecule has 0 aliphatic rings. The molecule has 3 aromatic carbocycles. The number of carbonyl (C=O) groups excluding carboxylic acids is 2. The van der Waals surface area contributed by atoms with Gasteiger partial charge >= 0.3 is 5.97 Å². The first-order valence-corrected chi connectivity index (χ1v) is 18.7. The summed E-state index contributed by atoms with van der Waals surface area (Å²) in [7, 11) is 0. The first-order valence-electron chi connectivity index (χ1n) is 18.7. The van der Waals surface area contributed by atoms with Crippen molar-refractivity contribution >= 4 is 11.9 Å². The van der Waals surface area contributed by atoms with Gasteiger partial charge in [0, 0.05) is 24.9 Å². The van der Waals surface area contributed by atoms with Crippen molar-refractivity contribution in [3.05, 3.63) is 127 Å². The van der Waals surface area contributed by atoms with E-state index in [0.29, 0.717) is 24.5 Å².